The molecule has 0 radical (unpaired) electrons. The molecular weight excluding hydrogens is 438 g/mol. The third-order valence-electron chi connectivity index (χ3n) is 6.90. The van der Waals surface area contributed by atoms with Gasteiger partial charge in [-0.25, -0.2) is 0 Å². The summed E-state index contributed by atoms with van der Waals surface area (Å²) >= 11 is 0. The van der Waals surface area contributed by atoms with Gasteiger partial charge in [-0.15, -0.1) is 0 Å². The highest BCUT2D eigenvalue weighted by Gasteiger charge is 2.26. The summed E-state index contributed by atoms with van der Waals surface area (Å²) < 4.78 is 2.04. The van der Waals surface area contributed by atoms with E-state index in [0.717, 1.165) is 56.1 Å². The highest BCUT2D eigenvalue weighted by atomic mass is 16.1. The van der Waals surface area contributed by atoms with E-state index in [2.05, 4.69) is 109 Å². The molecule has 0 unspecified atom stereocenters. The molecule has 1 aromatic heterocycles. The molecule has 36 heavy (non-hydrogen) atoms. The summed E-state index contributed by atoms with van der Waals surface area (Å²) in [5.41, 5.74) is 10.8. The van der Waals surface area contributed by atoms with Crippen molar-refractivity contribution in [1.82, 2.24) is 4.57 Å². The lowest BCUT2D eigenvalue weighted by Gasteiger charge is -2.23. The van der Waals surface area contributed by atoms with Crippen molar-refractivity contribution in [3.63, 3.8) is 0 Å². The Labute approximate surface area is 211 Å². The molecule has 1 heterocycles. The first kappa shape index (κ1) is 21.8. The van der Waals surface area contributed by atoms with Crippen molar-refractivity contribution >= 4 is 17.2 Å². The summed E-state index contributed by atoms with van der Waals surface area (Å²) in [6, 6.07) is 44.2. The number of hydrogen-bond donors (Lipinski definition) is 0. The zero-order chi connectivity index (χ0) is 24.5. The second-order valence-electron chi connectivity index (χ2n) is 8.97. The number of rotatable bonds is 5. The molecule has 0 atom stereocenters. The van der Waals surface area contributed by atoms with Crippen LogP contribution in [0.25, 0.3) is 55.4 Å². The molecule has 5 aromatic carbocycles. The van der Waals surface area contributed by atoms with Gasteiger partial charge in [-0.2, -0.15) is 0 Å². The average Bonchev–Trinajstić information content (AvgIpc) is 3.29. The Bertz CT molecular complexity index is 1670. The summed E-state index contributed by atoms with van der Waals surface area (Å²) in [5, 5.41) is 1.07. The maximum atomic E-state index is 12.2. The van der Waals surface area contributed by atoms with E-state index in [1.165, 1.54) is 5.56 Å². The van der Waals surface area contributed by atoms with Crippen LogP contribution >= 0.6 is 0 Å². The summed E-state index contributed by atoms with van der Waals surface area (Å²) in [6.07, 6.45) is 0.952. The van der Waals surface area contributed by atoms with Crippen molar-refractivity contribution in [2.75, 3.05) is 0 Å². The van der Waals surface area contributed by atoms with E-state index in [9.17, 15) is 4.79 Å². The van der Waals surface area contributed by atoms with Crippen molar-refractivity contribution in [3.8, 4) is 44.5 Å². The van der Waals surface area contributed by atoms with Crippen LogP contribution in [0.5, 0.6) is 0 Å². The predicted molar refractivity (Wildman–Crippen MR) is 150 cm³/mol. The quantitative estimate of drug-likeness (QED) is 0.234. The Morgan fingerprint density at radius 2 is 0.861 bits per heavy atom. The maximum absolute atomic E-state index is 12.2. The van der Waals surface area contributed by atoms with Crippen LogP contribution in [0.3, 0.4) is 0 Å². The minimum atomic E-state index is 0.656. The molecule has 0 bridgehead atoms. The maximum Gasteiger partial charge on any atom is 0.166 e. The minimum Gasteiger partial charge on any atom is -0.341 e. The summed E-state index contributed by atoms with van der Waals surface area (Å²) in [7, 11) is 1.99. The second-order valence-corrected chi connectivity index (χ2v) is 8.97. The van der Waals surface area contributed by atoms with Gasteiger partial charge in [-0.3, -0.25) is 4.79 Å². The zero-order valence-electron chi connectivity index (χ0n) is 20.1. The highest BCUT2D eigenvalue weighted by molar-refractivity contribution is 6.18. The largest absolute Gasteiger partial charge is 0.341 e. The molecule has 0 amide bonds. The molecule has 0 saturated carbocycles. The van der Waals surface area contributed by atoms with Crippen LogP contribution < -0.4 is 0 Å². The first-order valence-electron chi connectivity index (χ1n) is 12.1. The van der Waals surface area contributed by atoms with Crippen molar-refractivity contribution in [3.05, 3.63) is 133 Å². The molecule has 0 aliphatic heterocycles. The average molecular weight is 464 g/mol. The lowest BCUT2D eigenvalue weighted by Crippen LogP contribution is -2.00. The highest BCUT2D eigenvalue weighted by Crippen LogP contribution is 2.51. The normalized spacial score (nSPS) is 11.0. The van der Waals surface area contributed by atoms with E-state index in [-0.39, 0.29) is 0 Å². The summed E-state index contributed by atoms with van der Waals surface area (Å²) in [4.78, 5) is 12.2. The topological polar surface area (TPSA) is 22.0 Å². The molecular formula is C34H25NO. The van der Waals surface area contributed by atoms with Crippen molar-refractivity contribution in [2.24, 2.45) is 7.05 Å². The van der Waals surface area contributed by atoms with Gasteiger partial charge in [0.1, 0.15) is 0 Å². The molecule has 0 spiro atoms. The van der Waals surface area contributed by atoms with E-state index in [0.29, 0.717) is 5.69 Å². The fourth-order valence-electron chi connectivity index (χ4n) is 5.31. The molecule has 172 valence electrons. The molecule has 0 aliphatic rings. The third kappa shape index (κ3) is 3.55. The Balaban J connectivity index is 1.94. The molecule has 2 heteroatoms. The minimum absolute atomic E-state index is 0.656. The van der Waals surface area contributed by atoms with E-state index < -0.39 is 0 Å². The number of aldehydes is 1. The van der Waals surface area contributed by atoms with Gasteiger partial charge in [0.2, 0.25) is 0 Å². The van der Waals surface area contributed by atoms with E-state index in [1.54, 1.807) is 0 Å². The first-order valence-corrected chi connectivity index (χ1v) is 12.1. The number of benzene rings is 5. The van der Waals surface area contributed by atoms with Crippen molar-refractivity contribution in [2.45, 2.75) is 0 Å². The molecule has 2 nitrogen and oxygen atoms in total. The van der Waals surface area contributed by atoms with E-state index >= 15 is 0 Å². The number of hydrogen-bond acceptors (Lipinski definition) is 1. The van der Waals surface area contributed by atoms with Gasteiger partial charge in [0, 0.05) is 23.6 Å². The zero-order valence-corrected chi connectivity index (χ0v) is 20.1. The van der Waals surface area contributed by atoms with Gasteiger partial charge in [0.25, 0.3) is 0 Å². The van der Waals surface area contributed by atoms with Gasteiger partial charge in [0.05, 0.1) is 11.2 Å². The van der Waals surface area contributed by atoms with E-state index in [1.807, 2.05) is 29.8 Å². The SMILES string of the molecule is Cn1c(C=O)cc2c(-c3ccccc3)c(-c3ccccc3)c(-c3ccccc3)c(-c3ccccc3)c21. The lowest BCUT2D eigenvalue weighted by atomic mass is 9.80. The van der Waals surface area contributed by atoms with Crippen molar-refractivity contribution < 1.29 is 4.79 Å². The van der Waals surface area contributed by atoms with Crippen molar-refractivity contribution in [1.29, 1.82) is 0 Å². The lowest BCUT2D eigenvalue weighted by molar-refractivity contribution is 0.111. The van der Waals surface area contributed by atoms with Crippen LogP contribution in [0, 0.1) is 0 Å². The van der Waals surface area contributed by atoms with Gasteiger partial charge in [0.15, 0.2) is 6.29 Å². The summed E-state index contributed by atoms with van der Waals surface area (Å²) in [5.74, 6) is 0. The van der Waals surface area contributed by atoms with Crippen LogP contribution in [-0.2, 0) is 7.05 Å². The van der Waals surface area contributed by atoms with Gasteiger partial charge >= 0.3 is 0 Å². The fraction of sp³-hybridized carbons (Fsp3) is 0.0294. The monoisotopic (exact) mass is 463 g/mol. The number of carbonyl (C=O) groups excluding carboxylic acids is 1. The van der Waals surface area contributed by atoms with E-state index in [4.69, 9.17) is 0 Å². The van der Waals surface area contributed by atoms with Crippen LogP contribution in [-0.4, -0.2) is 10.9 Å². The molecule has 6 rings (SSSR count). The number of aromatic nitrogens is 1. The van der Waals surface area contributed by atoms with Gasteiger partial charge < -0.3 is 4.57 Å². The standard InChI is InChI=1S/C34H25NO/c1-35-28(23-36)22-29-30(24-14-6-2-7-15-24)31(25-16-8-3-9-17-25)32(26-18-10-4-11-19-26)33(34(29)35)27-20-12-5-13-21-27/h2-23H,1H3. The third-order valence-corrected chi connectivity index (χ3v) is 6.90. The van der Waals surface area contributed by atoms with Gasteiger partial charge in [-0.05, 0) is 39.4 Å². The summed E-state index contributed by atoms with van der Waals surface area (Å²) in [6.45, 7) is 0. The number of carbonyl (C=O) groups is 1. The Morgan fingerprint density at radius 1 is 0.500 bits per heavy atom. The molecule has 6 aromatic rings. The van der Waals surface area contributed by atoms with Crippen LogP contribution in [0.15, 0.2) is 127 Å². The fourth-order valence-corrected chi connectivity index (χ4v) is 5.31. The molecule has 0 fully saturated rings. The Kier molecular flexibility index (Phi) is 5.55. The molecule has 0 N–H and O–H groups in total. The Hall–Kier alpha value is -4.69. The first-order chi connectivity index (χ1) is 17.8. The number of aryl methyl sites for hydroxylation is 1. The van der Waals surface area contributed by atoms with Crippen LogP contribution in [0.1, 0.15) is 10.5 Å². The van der Waals surface area contributed by atoms with Crippen LogP contribution in [0.2, 0.25) is 0 Å². The smallest absolute Gasteiger partial charge is 0.166 e. The van der Waals surface area contributed by atoms with Crippen LogP contribution in [0.4, 0.5) is 0 Å². The van der Waals surface area contributed by atoms with Gasteiger partial charge in [-0.1, -0.05) is 121 Å². The number of nitrogens with zero attached hydrogens (tertiary/aromatic N) is 1. The predicted octanol–water partition coefficient (Wildman–Crippen LogP) is 8.66. The number of fused-ring (bicyclic) bond motifs is 1. The molecule has 0 aliphatic carbocycles. The Morgan fingerprint density at radius 3 is 1.28 bits per heavy atom. The molecule has 0 saturated heterocycles. The second kappa shape index (κ2) is 9.16.